The zero-order valence-electron chi connectivity index (χ0n) is 12.5. The number of oxime groups is 1. The van der Waals surface area contributed by atoms with E-state index in [-0.39, 0.29) is 10.8 Å². The molecule has 0 bridgehead atoms. The predicted molar refractivity (Wildman–Crippen MR) is 83.5 cm³/mol. The van der Waals surface area contributed by atoms with Gasteiger partial charge in [0.1, 0.15) is 17.2 Å². The van der Waals surface area contributed by atoms with Crippen molar-refractivity contribution in [3.8, 4) is 17.2 Å². The minimum atomic E-state index is -4.48. The Labute approximate surface area is 141 Å². The van der Waals surface area contributed by atoms with Gasteiger partial charge in [0.2, 0.25) is 0 Å². The smallest absolute Gasteiger partial charge is 0.416 e. The molecule has 0 aromatic heterocycles. The van der Waals surface area contributed by atoms with Crippen LogP contribution in [0, 0.1) is 0 Å². The van der Waals surface area contributed by atoms with Crippen LogP contribution in [0.2, 0.25) is 5.02 Å². The highest BCUT2D eigenvalue weighted by Crippen LogP contribution is 2.37. The van der Waals surface area contributed by atoms with E-state index in [9.17, 15) is 13.2 Å². The van der Waals surface area contributed by atoms with Gasteiger partial charge in [-0.2, -0.15) is 13.2 Å². The van der Waals surface area contributed by atoms with E-state index >= 15 is 0 Å². The number of alkyl halides is 3. The number of nitrogens with zero attached hydrogens (tertiary/aromatic N) is 1. The fourth-order valence-electron chi connectivity index (χ4n) is 1.91. The van der Waals surface area contributed by atoms with Crippen molar-refractivity contribution in [2.24, 2.45) is 5.16 Å². The first-order valence-corrected chi connectivity index (χ1v) is 7.21. The third kappa shape index (κ3) is 4.32. The fourth-order valence-corrected chi connectivity index (χ4v) is 2.13. The first kappa shape index (κ1) is 17.9. The molecule has 0 fully saturated rings. The van der Waals surface area contributed by atoms with Crippen molar-refractivity contribution in [2.75, 3.05) is 6.61 Å². The molecule has 2 rings (SSSR count). The molecule has 24 heavy (non-hydrogen) atoms. The second-order valence-electron chi connectivity index (χ2n) is 4.62. The highest BCUT2D eigenvalue weighted by Gasteiger charge is 2.31. The van der Waals surface area contributed by atoms with Crippen LogP contribution in [0.4, 0.5) is 13.2 Å². The molecule has 8 heteroatoms. The van der Waals surface area contributed by atoms with Crippen LogP contribution in [-0.4, -0.2) is 18.0 Å². The molecule has 0 aliphatic carbocycles. The van der Waals surface area contributed by atoms with Gasteiger partial charge in [-0.3, -0.25) is 0 Å². The van der Waals surface area contributed by atoms with Crippen molar-refractivity contribution < 1.29 is 27.9 Å². The van der Waals surface area contributed by atoms with Crippen LogP contribution in [0.15, 0.2) is 41.6 Å². The van der Waals surface area contributed by atoms with E-state index in [1.165, 1.54) is 12.3 Å². The Morgan fingerprint density at radius 3 is 2.50 bits per heavy atom. The van der Waals surface area contributed by atoms with E-state index in [0.717, 1.165) is 18.2 Å². The SMILES string of the molecule is CCOc1cc(Oc2ccc(C(F)(F)F)cc2Cl)ccc1C=NO. The van der Waals surface area contributed by atoms with Gasteiger partial charge in [-0.1, -0.05) is 16.8 Å². The molecule has 0 aliphatic rings. The summed E-state index contributed by atoms with van der Waals surface area (Å²) < 4.78 is 48.8. The largest absolute Gasteiger partial charge is 0.493 e. The minimum Gasteiger partial charge on any atom is -0.493 e. The first-order chi connectivity index (χ1) is 11.3. The van der Waals surface area contributed by atoms with Gasteiger partial charge in [0, 0.05) is 11.6 Å². The van der Waals surface area contributed by atoms with Crippen LogP contribution in [0.1, 0.15) is 18.1 Å². The average molecular weight is 360 g/mol. The molecule has 2 aromatic carbocycles. The van der Waals surface area contributed by atoms with Crippen LogP contribution < -0.4 is 9.47 Å². The molecule has 0 amide bonds. The zero-order valence-corrected chi connectivity index (χ0v) is 13.2. The highest BCUT2D eigenvalue weighted by molar-refractivity contribution is 6.32. The van der Waals surface area contributed by atoms with Gasteiger partial charge in [-0.05, 0) is 37.3 Å². The Morgan fingerprint density at radius 1 is 1.17 bits per heavy atom. The van der Waals surface area contributed by atoms with Crippen LogP contribution in [0.25, 0.3) is 0 Å². The summed E-state index contributed by atoms with van der Waals surface area (Å²) in [6.45, 7) is 2.15. The van der Waals surface area contributed by atoms with Gasteiger partial charge in [-0.25, -0.2) is 0 Å². The second-order valence-corrected chi connectivity index (χ2v) is 5.03. The third-order valence-corrected chi connectivity index (χ3v) is 3.26. The maximum atomic E-state index is 12.6. The average Bonchev–Trinajstić information content (AvgIpc) is 2.51. The third-order valence-electron chi connectivity index (χ3n) is 2.97. The van der Waals surface area contributed by atoms with Gasteiger partial charge in [-0.15, -0.1) is 0 Å². The van der Waals surface area contributed by atoms with Gasteiger partial charge in [0.25, 0.3) is 0 Å². The molecular weight excluding hydrogens is 347 g/mol. The summed E-state index contributed by atoms with van der Waals surface area (Å²) in [4.78, 5) is 0. The van der Waals surface area contributed by atoms with Gasteiger partial charge in [0.15, 0.2) is 0 Å². The molecule has 0 saturated heterocycles. The highest BCUT2D eigenvalue weighted by atomic mass is 35.5. The molecule has 0 aliphatic heterocycles. The van der Waals surface area contributed by atoms with Gasteiger partial charge < -0.3 is 14.7 Å². The summed E-state index contributed by atoms with van der Waals surface area (Å²) in [5, 5.41) is 11.4. The number of halogens is 4. The Morgan fingerprint density at radius 2 is 1.92 bits per heavy atom. The molecule has 0 unspecified atom stereocenters. The molecule has 1 N–H and O–H groups in total. The van der Waals surface area contributed by atoms with Crippen molar-refractivity contribution >= 4 is 17.8 Å². The molecule has 0 radical (unpaired) electrons. The van der Waals surface area contributed by atoms with Crippen molar-refractivity contribution in [1.29, 1.82) is 0 Å². The Balaban J connectivity index is 2.29. The quantitative estimate of drug-likeness (QED) is 0.444. The summed E-state index contributed by atoms with van der Waals surface area (Å²) in [6, 6.07) is 7.49. The van der Waals surface area contributed by atoms with Crippen LogP contribution in [0.5, 0.6) is 17.2 Å². The van der Waals surface area contributed by atoms with E-state index in [2.05, 4.69) is 5.16 Å². The zero-order chi connectivity index (χ0) is 17.7. The van der Waals surface area contributed by atoms with E-state index in [0.29, 0.717) is 23.7 Å². The maximum absolute atomic E-state index is 12.6. The number of hydrogen-bond acceptors (Lipinski definition) is 4. The molecule has 4 nitrogen and oxygen atoms in total. The number of hydrogen-bond donors (Lipinski definition) is 1. The van der Waals surface area contributed by atoms with E-state index in [1.807, 2.05) is 0 Å². The lowest BCUT2D eigenvalue weighted by molar-refractivity contribution is -0.137. The summed E-state index contributed by atoms with van der Waals surface area (Å²) >= 11 is 5.86. The number of benzene rings is 2. The standard InChI is InChI=1S/C16H13ClF3NO3/c1-2-23-15-8-12(5-3-10(15)9-21-22)24-14-6-4-11(7-13(14)17)16(18,19)20/h3-9,22H,2H2,1H3. The second kappa shape index (κ2) is 7.44. The maximum Gasteiger partial charge on any atom is 0.416 e. The normalized spacial score (nSPS) is 11.7. The van der Waals surface area contributed by atoms with Crippen molar-refractivity contribution in [1.82, 2.24) is 0 Å². The van der Waals surface area contributed by atoms with Crippen LogP contribution in [0.3, 0.4) is 0 Å². The first-order valence-electron chi connectivity index (χ1n) is 6.84. The Hall–Kier alpha value is -2.41. The fraction of sp³-hybridized carbons (Fsp3) is 0.188. The summed E-state index contributed by atoms with van der Waals surface area (Å²) in [5.74, 6) is 0.793. The van der Waals surface area contributed by atoms with E-state index < -0.39 is 11.7 Å². The van der Waals surface area contributed by atoms with Gasteiger partial charge >= 0.3 is 6.18 Å². The molecule has 128 valence electrons. The van der Waals surface area contributed by atoms with Gasteiger partial charge in [0.05, 0.1) is 23.4 Å². The van der Waals surface area contributed by atoms with Crippen molar-refractivity contribution in [2.45, 2.75) is 13.1 Å². The van der Waals surface area contributed by atoms with E-state index in [4.69, 9.17) is 26.3 Å². The summed E-state index contributed by atoms with van der Waals surface area (Å²) in [6.07, 6.45) is -3.28. The lowest BCUT2D eigenvalue weighted by atomic mass is 10.2. The van der Waals surface area contributed by atoms with Crippen molar-refractivity contribution in [3.05, 3.63) is 52.5 Å². The van der Waals surface area contributed by atoms with Crippen LogP contribution >= 0.6 is 11.6 Å². The molecule has 0 heterocycles. The molecular formula is C16H13ClF3NO3. The molecule has 0 spiro atoms. The summed E-state index contributed by atoms with van der Waals surface area (Å²) in [5.41, 5.74) is -0.338. The Kier molecular flexibility index (Phi) is 5.56. The predicted octanol–water partition coefficient (Wildman–Crippen LogP) is 5.36. The monoisotopic (exact) mass is 359 g/mol. The lowest BCUT2D eigenvalue weighted by Gasteiger charge is -2.13. The molecule has 2 aromatic rings. The number of ether oxygens (including phenoxy) is 2. The molecule has 0 saturated carbocycles. The van der Waals surface area contributed by atoms with E-state index in [1.54, 1.807) is 19.1 Å². The topological polar surface area (TPSA) is 51.0 Å². The number of rotatable bonds is 5. The Bertz CT molecular complexity index is 748. The lowest BCUT2D eigenvalue weighted by Crippen LogP contribution is -2.04. The van der Waals surface area contributed by atoms with Crippen LogP contribution in [-0.2, 0) is 6.18 Å². The molecule has 0 atom stereocenters. The van der Waals surface area contributed by atoms with Crippen molar-refractivity contribution in [3.63, 3.8) is 0 Å². The minimum absolute atomic E-state index is 0.0793. The summed E-state index contributed by atoms with van der Waals surface area (Å²) in [7, 11) is 0.